The fourth-order valence-electron chi connectivity index (χ4n) is 14.6. The fraction of sp³-hybridized carbons (Fsp3) is 0.967. The number of hydrogen-bond donors (Lipinski definition) is 4. The van der Waals surface area contributed by atoms with E-state index in [-0.39, 0.29) is 17.8 Å². The second kappa shape index (κ2) is 81.9. The first-order chi connectivity index (χ1) is 50.4. The average molecular weight is 1500 g/mol. The molecule has 0 aliphatic carbocycles. The van der Waals surface area contributed by atoms with Gasteiger partial charge in [0, 0.05) is 12.8 Å². The molecule has 2 rings (SSSR count). The lowest BCUT2D eigenvalue weighted by molar-refractivity contribution is -0.144. The molecule has 11 nitrogen and oxygen atoms in total. The molecule has 0 spiro atoms. The summed E-state index contributed by atoms with van der Waals surface area (Å²) >= 11 is 9.55. The Morgan fingerprint density at radius 2 is 0.437 bits per heavy atom. The zero-order valence-electron chi connectivity index (χ0n) is 68.6. The molecule has 0 aromatic carbocycles. The van der Waals surface area contributed by atoms with Crippen molar-refractivity contribution in [1.29, 1.82) is 0 Å². The number of halogens is 2. The monoisotopic (exact) mass is 1500 g/mol. The smallest absolute Gasteiger partial charge is 0.305 e. The molecule has 13 heteroatoms. The van der Waals surface area contributed by atoms with Gasteiger partial charge in [-0.3, -0.25) is 14.4 Å². The highest BCUT2D eigenvalue weighted by Crippen LogP contribution is 2.34. The van der Waals surface area contributed by atoms with Gasteiger partial charge in [-0.2, -0.15) is 0 Å². The summed E-state index contributed by atoms with van der Waals surface area (Å²) in [6, 6.07) is 0. The molecular weight excluding hydrogens is 1330 g/mol. The van der Waals surface area contributed by atoms with Crippen LogP contribution in [0, 0.1) is 0 Å². The first-order valence-corrected chi connectivity index (χ1v) is 46.4. The van der Waals surface area contributed by atoms with Gasteiger partial charge in [0.2, 0.25) is 5.24 Å². The molecule has 2 aliphatic heterocycles. The molecule has 614 valence electrons. The van der Waals surface area contributed by atoms with Gasteiger partial charge in [0.1, 0.15) is 0 Å². The van der Waals surface area contributed by atoms with Gasteiger partial charge in [-0.25, -0.2) is 0 Å². The van der Waals surface area contributed by atoms with Crippen molar-refractivity contribution in [1.82, 2.24) is 0 Å². The van der Waals surface area contributed by atoms with Crippen molar-refractivity contribution in [2.24, 2.45) is 0 Å². The zero-order valence-corrected chi connectivity index (χ0v) is 70.1. The van der Waals surface area contributed by atoms with E-state index in [1.165, 1.54) is 302 Å². The third-order valence-electron chi connectivity index (χ3n) is 21.8. The highest BCUT2D eigenvalue weighted by molar-refractivity contribution is 6.67. The summed E-state index contributed by atoms with van der Waals surface area (Å²) in [5.74, 6) is -0.161. The number of epoxide rings is 2. The van der Waals surface area contributed by atoms with Gasteiger partial charge in [-0.1, -0.05) is 400 Å². The lowest BCUT2D eigenvalue weighted by Gasteiger charge is -2.17. The van der Waals surface area contributed by atoms with Crippen molar-refractivity contribution in [3.63, 3.8) is 0 Å². The Morgan fingerprint density at radius 3 is 0.631 bits per heavy atom. The quantitative estimate of drug-likeness (QED) is 0.0150. The van der Waals surface area contributed by atoms with Crippen LogP contribution >= 0.6 is 23.2 Å². The van der Waals surface area contributed by atoms with Gasteiger partial charge >= 0.3 is 11.9 Å². The first-order valence-electron chi connectivity index (χ1n) is 45.5. The van der Waals surface area contributed by atoms with Gasteiger partial charge < -0.3 is 39.4 Å². The molecular formula is C90H174Cl2O11. The van der Waals surface area contributed by atoms with Crippen LogP contribution in [0.4, 0.5) is 0 Å². The zero-order chi connectivity index (χ0) is 75.2. The first kappa shape index (κ1) is 102. The van der Waals surface area contributed by atoms with Crippen LogP contribution in [-0.4, -0.2) is 106 Å². The number of aliphatic hydroxyl groups excluding tert-OH is 4. The lowest BCUT2D eigenvalue weighted by atomic mass is 9.99. The van der Waals surface area contributed by atoms with Crippen LogP contribution in [0.1, 0.15) is 490 Å². The molecule has 8 unspecified atom stereocenters. The van der Waals surface area contributed by atoms with E-state index in [0.29, 0.717) is 69.7 Å². The number of alkyl halides is 1. The Balaban J connectivity index is 0.00000189. The maximum absolute atomic E-state index is 12.1. The predicted molar refractivity (Wildman–Crippen MR) is 440 cm³/mol. The van der Waals surface area contributed by atoms with Crippen LogP contribution in [0.15, 0.2) is 0 Å². The third kappa shape index (κ3) is 77.5. The molecule has 0 amide bonds. The maximum atomic E-state index is 12.1. The lowest BCUT2D eigenvalue weighted by Crippen LogP contribution is -2.25. The third-order valence-corrected chi connectivity index (χ3v) is 22.3. The molecule has 8 atom stereocenters. The Hall–Kier alpha value is -1.05. The molecule has 0 aromatic heterocycles. The van der Waals surface area contributed by atoms with E-state index in [0.717, 1.165) is 128 Å². The van der Waals surface area contributed by atoms with Gasteiger partial charge in [-0.05, 0) is 88.7 Å². The Bertz CT molecular complexity index is 1730. The van der Waals surface area contributed by atoms with E-state index < -0.39 is 29.7 Å². The van der Waals surface area contributed by atoms with Crippen LogP contribution in [0.25, 0.3) is 0 Å². The van der Waals surface area contributed by atoms with Crippen molar-refractivity contribution < 1.29 is 53.8 Å². The minimum absolute atomic E-state index is 0.0121. The van der Waals surface area contributed by atoms with Crippen molar-refractivity contribution in [2.75, 3.05) is 19.1 Å². The number of carbonyl (C=O) groups is 3. The second-order valence-corrected chi connectivity index (χ2v) is 32.6. The largest absolute Gasteiger partial charge is 0.466 e. The highest BCUT2D eigenvalue weighted by atomic mass is 35.5. The predicted octanol–water partition coefficient (Wildman–Crippen LogP) is 27.2. The van der Waals surface area contributed by atoms with Crippen molar-refractivity contribution >= 4 is 40.4 Å². The van der Waals surface area contributed by atoms with Crippen LogP contribution in [-0.2, 0) is 33.3 Å². The molecule has 0 aromatic rings. The molecule has 2 aliphatic rings. The van der Waals surface area contributed by atoms with E-state index >= 15 is 0 Å². The van der Waals surface area contributed by atoms with Crippen LogP contribution in [0.2, 0.25) is 0 Å². The molecule has 4 N–H and O–H groups in total. The van der Waals surface area contributed by atoms with E-state index in [1.54, 1.807) is 0 Å². The molecule has 103 heavy (non-hydrogen) atoms. The molecule has 2 saturated heterocycles. The summed E-state index contributed by atoms with van der Waals surface area (Å²) in [6.07, 6.45) is 87.1. The summed E-state index contributed by atoms with van der Waals surface area (Å²) in [7, 11) is 0. The number of rotatable bonds is 81. The topological polar surface area (TPSA) is 176 Å². The molecule has 0 bridgehead atoms. The van der Waals surface area contributed by atoms with E-state index in [4.69, 9.17) is 42.1 Å². The Kier molecular flexibility index (Phi) is 81.1. The minimum atomic E-state index is -0.593. The van der Waals surface area contributed by atoms with E-state index in [2.05, 4.69) is 27.7 Å². The Labute approximate surface area is 648 Å². The summed E-state index contributed by atoms with van der Waals surface area (Å²) in [4.78, 5) is 33.5. The maximum Gasteiger partial charge on any atom is 0.305 e. The number of ether oxygens (including phenoxy) is 4. The van der Waals surface area contributed by atoms with Crippen LogP contribution in [0.5, 0.6) is 0 Å². The summed E-state index contributed by atoms with van der Waals surface area (Å²) in [6.45, 7) is 10.2. The molecule has 2 heterocycles. The van der Waals surface area contributed by atoms with Gasteiger partial charge in [0.25, 0.3) is 0 Å². The molecule has 2 fully saturated rings. The fourth-order valence-corrected chi connectivity index (χ4v) is 14.6. The van der Waals surface area contributed by atoms with E-state index in [9.17, 15) is 34.8 Å². The number of esters is 2. The second-order valence-electron chi connectivity index (χ2n) is 31.9. The molecule has 0 saturated carbocycles. The highest BCUT2D eigenvalue weighted by Gasteiger charge is 2.37. The van der Waals surface area contributed by atoms with Gasteiger partial charge in [-0.15, -0.1) is 11.6 Å². The van der Waals surface area contributed by atoms with Crippen molar-refractivity contribution in [2.45, 2.75) is 539 Å². The van der Waals surface area contributed by atoms with E-state index in [1.807, 2.05) is 0 Å². The Morgan fingerprint density at radius 1 is 0.272 bits per heavy atom. The number of unbranched alkanes of at least 4 members (excludes halogenated alkanes) is 54. The van der Waals surface area contributed by atoms with Gasteiger partial charge in [0.15, 0.2) is 0 Å². The van der Waals surface area contributed by atoms with Gasteiger partial charge in [0.05, 0.1) is 67.9 Å². The number of hydrogen-bond acceptors (Lipinski definition) is 11. The average Bonchev–Trinajstić information content (AvgIpc) is 1.72. The summed E-state index contributed by atoms with van der Waals surface area (Å²) in [5.41, 5.74) is 0. The summed E-state index contributed by atoms with van der Waals surface area (Å²) in [5, 5.41) is 40.4. The minimum Gasteiger partial charge on any atom is -0.466 e. The normalized spacial score (nSPS) is 16.5. The van der Waals surface area contributed by atoms with Crippen molar-refractivity contribution in [3.05, 3.63) is 0 Å². The molecule has 0 radical (unpaired) electrons. The van der Waals surface area contributed by atoms with Crippen LogP contribution in [0.3, 0.4) is 0 Å². The van der Waals surface area contributed by atoms with Crippen molar-refractivity contribution in [3.8, 4) is 0 Å². The summed E-state index contributed by atoms with van der Waals surface area (Å²) < 4.78 is 22.8. The standard InChI is InChI=1S/C46H88O4.C42H84O6.C2H2Cl2O/c1-3-5-7-9-11-13-15-18-24-30-36-42-44(49-42)38-32-26-20-17-23-29-35-41-48-46(47)40-34-28-22-21-27-33-39-45-43(50-45)37-31-25-19-16-14-12-10-8-6-4-2;1-3-5-7-9-11-12-15-21-27-33-39(44)40(45)34-28-22-16-13-19-25-31-37-48-42(47)36-30-24-18-17-23-29-35-41(46)38(43)32-26-20-14-10-8-6-4-2;3-1-2(4)5/h42-45H,3-41H2,1-2H3;38-41,43-46H,3-37H2,1-2H3;1H2. The van der Waals surface area contributed by atoms with Crippen LogP contribution < -0.4 is 0 Å². The number of aliphatic hydroxyl groups is 4. The SMILES string of the molecule is CCCCCCCCCCCC(O)C(O)CCCCCCCCCOC(=O)CCCCCCCCC(O)C(O)CCCCCCCCC.CCCCCCCCCCCCC1OC1CCCCCCCCCOC(=O)CCCCCCCCC1OC1CCCCCCCCCCCC.O=C(Cl)CCl. The number of carbonyl (C=O) groups excluding carboxylic acids is 3.